The molecule has 150 valence electrons. The van der Waals surface area contributed by atoms with Crippen molar-refractivity contribution in [1.29, 1.82) is 0 Å². The summed E-state index contributed by atoms with van der Waals surface area (Å²) in [6, 6.07) is 14.3. The molecule has 0 saturated heterocycles. The summed E-state index contributed by atoms with van der Waals surface area (Å²) < 4.78 is 0. The largest absolute Gasteiger partial charge is 0.363 e. The van der Waals surface area contributed by atoms with Gasteiger partial charge in [0.15, 0.2) is 0 Å². The molecule has 1 aromatic heterocycles. The zero-order valence-electron chi connectivity index (χ0n) is 16.7. The highest BCUT2D eigenvalue weighted by molar-refractivity contribution is 6.31. The van der Waals surface area contributed by atoms with Gasteiger partial charge in [-0.15, -0.1) is 0 Å². The summed E-state index contributed by atoms with van der Waals surface area (Å²) in [7, 11) is 3.86. The highest BCUT2D eigenvalue weighted by Crippen LogP contribution is 2.22. The molecule has 0 atom stereocenters. The monoisotopic (exact) mass is 410 g/mol. The first kappa shape index (κ1) is 20.4. The number of halogens is 1. The van der Waals surface area contributed by atoms with Crippen LogP contribution in [0.15, 0.2) is 48.5 Å². The number of hydrogen-bond acceptors (Lipinski definition) is 5. The molecule has 0 aliphatic carbocycles. The molecule has 0 aliphatic rings. The van der Waals surface area contributed by atoms with E-state index in [1.54, 1.807) is 12.1 Å². The lowest BCUT2D eigenvalue weighted by Crippen LogP contribution is -2.19. The maximum Gasteiger partial charge on any atom is 0.323 e. The molecule has 2 amide bonds. The van der Waals surface area contributed by atoms with Crippen LogP contribution in [0.2, 0.25) is 5.02 Å². The highest BCUT2D eigenvalue weighted by Gasteiger charge is 2.06. The zero-order chi connectivity index (χ0) is 21.0. The van der Waals surface area contributed by atoms with Gasteiger partial charge in [-0.3, -0.25) is 0 Å². The van der Waals surface area contributed by atoms with Gasteiger partial charge >= 0.3 is 6.03 Å². The van der Waals surface area contributed by atoms with Crippen LogP contribution in [-0.4, -0.2) is 30.1 Å². The Hall–Kier alpha value is -3.32. The minimum atomic E-state index is -0.340. The molecule has 0 fully saturated rings. The molecule has 3 N–H and O–H groups in total. The Morgan fingerprint density at radius 3 is 2.17 bits per heavy atom. The van der Waals surface area contributed by atoms with Crippen molar-refractivity contribution in [2.24, 2.45) is 0 Å². The molecule has 1 heterocycles. The van der Waals surface area contributed by atoms with Crippen molar-refractivity contribution in [2.75, 3.05) is 34.9 Å². The summed E-state index contributed by atoms with van der Waals surface area (Å²) >= 11 is 6.09. The molecule has 0 saturated carbocycles. The number of aryl methyl sites for hydroxylation is 2. The van der Waals surface area contributed by atoms with Gasteiger partial charge in [0.25, 0.3) is 0 Å². The molecule has 0 radical (unpaired) electrons. The van der Waals surface area contributed by atoms with E-state index in [1.165, 1.54) is 0 Å². The number of anilines is 5. The van der Waals surface area contributed by atoms with E-state index in [1.807, 2.05) is 69.2 Å². The van der Waals surface area contributed by atoms with Crippen molar-refractivity contribution in [2.45, 2.75) is 13.8 Å². The van der Waals surface area contributed by atoms with E-state index in [4.69, 9.17) is 11.6 Å². The van der Waals surface area contributed by atoms with Crippen LogP contribution in [0.4, 0.5) is 33.5 Å². The van der Waals surface area contributed by atoms with Gasteiger partial charge in [0.1, 0.15) is 17.5 Å². The quantitative estimate of drug-likeness (QED) is 0.538. The van der Waals surface area contributed by atoms with Gasteiger partial charge < -0.3 is 20.9 Å². The van der Waals surface area contributed by atoms with Crippen LogP contribution in [0.5, 0.6) is 0 Å². The fourth-order valence-corrected chi connectivity index (χ4v) is 2.77. The van der Waals surface area contributed by atoms with Gasteiger partial charge in [0.05, 0.1) is 0 Å². The predicted octanol–water partition coefficient (Wildman–Crippen LogP) is 5.20. The first-order chi connectivity index (χ1) is 13.8. The minimum absolute atomic E-state index is 0.340. The van der Waals surface area contributed by atoms with E-state index >= 15 is 0 Å². The third-order valence-corrected chi connectivity index (χ3v) is 4.53. The lowest BCUT2D eigenvalue weighted by molar-refractivity contribution is 0.262. The van der Waals surface area contributed by atoms with Crippen molar-refractivity contribution < 1.29 is 4.79 Å². The molecule has 3 aromatic rings. The molecule has 2 aromatic carbocycles. The van der Waals surface area contributed by atoms with E-state index in [0.717, 1.165) is 17.1 Å². The van der Waals surface area contributed by atoms with E-state index in [2.05, 4.69) is 25.9 Å². The summed E-state index contributed by atoms with van der Waals surface area (Å²) in [5, 5.41) is 9.42. The number of amides is 2. The maximum absolute atomic E-state index is 12.2. The summed E-state index contributed by atoms with van der Waals surface area (Å²) in [5.74, 6) is 2.21. The molecular formula is C21H23ClN6O. The maximum atomic E-state index is 12.2. The number of aromatic nitrogens is 2. The summed E-state index contributed by atoms with van der Waals surface area (Å²) in [5.41, 5.74) is 3.10. The van der Waals surface area contributed by atoms with Gasteiger partial charge in [-0.1, -0.05) is 17.7 Å². The first-order valence-corrected chi connectivity index (χ1v) is 9.42. The summed E-state index contributed by atoms with van der Waals surface area (Å²) in [6.07, 6.45) is 0. The molecule has 8 heteroatoms. The Balaban J connectivity index is 1.62. The van der Waals surface area contributed by atoms with Crippen molar-refractivity contribution in [3.05, 3.63) is 64.9 Å². The Morgan fingerprint density at radius 2 is 1.52 bits per heavy atom. The normalized spacial score (nSPS) is 10.4. The second kappa shape index (κ2) is 8.79. The topological polar surface area (TPSA) is 82.2 Å². The lowest BCUT2D eigenvalue weighted by atomic mass is 10.2. The molecule has 7 nitrogen and oxygen atoms in total. The SMILES string of the molecule is Cc1nc(Nc2ccc(NC(=O)Nc3ccc(C)c(Cl)c3)cc2)cc(N(C)C)n1. The number of nitrogens with one attached hydrogen (secondary N) is 3. The first-order valence-electron chi connectivity index (χ1n) is 9.04. The molecule has 0 bridgehead atoms. The van der Waals surface area contributed by atoms with E-state index < -0.39 is 0 Å². The van der Waals surface area contributed by atoms with Gasteiger partial charge in [0.2, 0.25) is 0 Å². The van der Waals surface area contributed by atoms with Gasteiger partial charge in [0, 0.05) is 42.2 Å². The molecular weight excluding hydrogens is 388 g/mol. The Kier molecular flexibility index (Phi) is 6.19. The molecule has 0 spiro atoms. The second-order valence-electron chi connectivity index (χ2n) is 6.80. The van der Waals surface area contributed by atoms with Crippen LogP contribution in [0.3, 0.4) is 0 Å². The number of nitrogens with zero attached hydrogens (tertiary/aromatic N) is 3. The second-order valence-corrected chi connectivity index (χ2v) is 7.21. The highest BCUT2D eigenvalue weighted by atomic mass is 35.5. The van der Waals surface area contributed by atoms with Crippen molar-refractivity contribution in [3.8, 4) is 0 Å². The molecule has 29 heavy (non-hydrogen) atoms. The lowest BCUT2D eigenvalue weighted by Gasteiger charge is -2.14. The van der Waals surface area contributed by atoms with Gasteiger partial charge in [-0.2, -0.15) is 0 Å². The van der Waals surface area contributed by atoms with E-state index in [-0.39, 0.29) is 6.03 Å². The molecule has 0 unspecified atom stereocenters. The average Bonchev–Trinajstić information content (AvgIpc) is 2.66. The number of rotatable bonds is 5. The van der Waals surface area contributed by atoms with Crippen molar-refractivity contribution in [3.63, 3.8) is 0 Å². The van der Waals surface area contributed by atoms with E-state index in [0.29, 0.717) is 28.0 Å². The van der Waals surface area contributed by atoms with Crippen LogP contribution in [0.25, 0.3) is 0 Å². The summed E-state index contributed by atoms with van der Waals surface area (Å²) in [6.45, 7) is 3.76. The van der Waals surface area contributed by atoms with Crippen LogP contribution < -0.4 is 20.9 Å². The van der Waals surface area contributed by atoms with Crippen LogP contribution in [0.1, 0.15) is 11.4 Å². The Morgan fingerprint density at radius 1 is 0.897 bits per heavy atom. The van der Waals surface area contributed by atoms with Crippen molar-refractivity contribution in [1.82, 2.24) is 9.97 Å². The number of benzene rings is 2. The van der Waals surface area contributed by atoms with Crippen molar-refractivity contribution >= 4 is 46.3 Å². The number of urea groups is 1. The van der Waals surface area contributed by atoms with Gasteiger partial charge in [-0.05, 0) is 55.8 Å². The van der Waals surface area contributed by atoms with Crippen LogP contribution in [0, 0.1) is 13.8 Å². The Labute approximate surface area is 175 Å². The average molecular weight is 411 g/mol. The molecule has 0 aliphatic heterocycles. The third kappa shape index (κ3) is 5.58. The minimum Gasteiger partial charge on any atom is -0.363 e. The summed E-state index contributed by atoms with van der Waals surface area (Å²) in [4.78, 5) is 22.9. The van der Waals surface area contributed by atoms with E-state index in [9.17, 15) is 4.79 Å². The fourth-order valence-electron chi connectivity index (χ4n) is 2.59. The molecule has 3 rings (SSSR count). The number of carbonyl (C=O) groups excluding carboxylic acids is 1. The number of hydrogen-bond donors (Lipinski definition) is 3. The standard InChI is InChI=1S/C21H23ClN6O/c1-13-5-6-17(11-18(13)22)27-21(29)26-16-9-7-15(8-10-16)25-19-12-20(28(3)4)24-14(2)23-19/h5-12H,1-4H3,(H,23,24,25)(H2,26,27,29). The zero-order valence-corrected chi connectivity index (χ0v) is 17.5. The fraction of sp³-hybridized carbons (Fsp3) is 0.190. The smallest absolute Gasteiger partial charge is 0.323 e. The van der Waals surface area contributed by atoms with Crippen LogP contribution >= 0.6 is 11.6 Å². The van der Waals surface area contributed by atoms with Crippen LogP contribution in [-0.2, 0) is 0 Å². The third-order valence-electron chi connectivity index (χ3n) is 4.13. The Bertz CT molecular complexity index is 1020. The predicted molar refractivity (Wildman–Crippen MR) is 120 cm³/mol. The number of carbonyl (C=O) groups is 1. The van der Waals surface area contributed by atoms with Gasteiger partial charge in [-0.25, -0.2) is 14.8 Å².